The van der Waals surface area contributed by atoms with Crippen LogP contribution in [0.25, 0.3) is 0 Å². The number of hydrogen-bond donors (Lipinski definition) is 0. The fourth-order valence-electron chi connectivity index (χ4n) is 8.60. The normalized spacial score (nSPS) is 41.0. The Morgan fingerprint density at radius 3 is 2.56 bits per heavy atom. The summed E-state index contributed by atoms with van der Waals surface area (Å²) in [6, 6.07) is 3.73. The highest BCUT2D eigenvalue weighted by Crippen LogP contribution is 2.66. The number of halogens is 2. The molecule has 0 spiro atoms. The summed E-state index contributed by atoms with van der Waals surface area (Å²) in [5.41, 5.74) is 2.07. The Kier molecular flexibility index (Phi) is 4.74. The predicted octanol–water partition coefficient (Wildman–Crippen LogP) is 6.61. The van der Waals surface area contributed by atoms with E-state index in [1.54, 1.807) is 13.1 Å². The molecule has 1 heterocycles. The summed E-state index contributed by atoms with van der Waals surface area (Å²) >= 11 is 0. The summed E-state index contributed by atoms with van der Waals surface area (Å²) < 4.78 is 29.6. The summed E-state index contributed by atoms with van der Waals surface area (Å²) in [6.45, 7) is 6.86. The molecule has 5 rings (SSSR count). The molecule has 3 fully saturated rings. The third-order valence-electron chi connectivity index (χ3n) is 9.97. The standard InChI is InChI=1S/C27H33F2N2O/c1-16-12-18-19-6-5-9-26(19,2)10-7-20(18)27(3)11-8-24(32)31(4,25(16)27)23-14-21(28)17(15-30)13-22(23)29/h13-14,18-20H,5-12H2,1-4H3/q+1/t18-,19-,20-,26-,27+,31?/m0/s1. The highest BCUT2D eigenvalue weighted by molar-refractivity contribution is 5.93. The van der Waals surface area contributed by atoms with E-state index in [1.807, 2.05) is 0 Å². The zero-order chi connectivity index (χ0) is 23.1. The van der Waals surface area contributed by atoms with Crippen LogP contribution in [0.3, 0.4) is 0 Å². The first-order chi connectivity index (χ1) is 15.1. The Morgan fingerprint density at radius 1 is 1.09 bits per heavy atom. The van der Waals surface area contributed by atoms with Crippen molar-refractivity contribution in [2.75, 3.05) is 7.05 Å². The van der Waals surface area contributed by atoms with Gasteiger partial charge in [0, 0.05) is 17.5 Å². The van der Waals surface area contributed by atoms with E-state index in [0.717, 1.165) is 43.0 Å². The van der Waals surface area contributed by atoms with E-state index in [0.29, 0.717) is 23.7 Å². The molecule has 0 N–H and O–H groups in total. The van der Waals surface area contributed by atoms with E-state index in [2.05, 4.69) is 20.8 Å². The van der Waals surface area contributed by atoms with Crippen molar-refractivity contribution in [3.05, 3.63) is 40.6 Å². The average molecular weight is 440 g/mol. The number of quaternary nitrogens is 1. The second-order valence-electron chi connectivity index (χ2n) is 11.5. The molecular formula is C27H33F2N2O+. The molecule has 1 aromatic carbocycles. The molecule has 1 unspecified atom stereocenters. The monoisotopic (exact) mass is 439 g/mol. The maximum atomic E-state index is 15.3. The Hall–Kier alpha value is -2.06. The molecule has 1 amide bonds. The van der Waals surface area contributed by atoms with Gasteiger partial charge in [0.1, 0.15) is 17.6 Å². The summed E-state index contributed by atoms with van der Waals surface area (Å²) in [5, 5.41) is 9.12. The number of nitriles is 1. The lowest BCUT2D eigenvalue weighted by Gasteiger charge is -2.59. The number of allylic oxidation sites excluding steroid dienone is 2. The van der Waals surface area contributed by atoms with E-state index in [4.69, 9.17) is 5.26 Å². The van der Waals surface area contributed by atoms with Crippen molar-refractivity contribution in [2.24, 2.45) is 28.6 Å². The Balaban J connectivity index is 1.68. The van der Waals surface area contributed by atoms with Crippen LogP contribution < -0.4 is 4.48 Å². The van der Waals surface area contributed by atoms with Crippen LogP contribution in [0.15, 0.2) is 23.4 Å². The molecule has 0 bridgehead atoms. The number of carbonyl (C=O) groups is 1. The second-order valence-corrected chi connectivity index (χ2v) is 11.5. The molecule has 3 nitrogen and oxygen atoms in total. The van der Waals surface area contributed by atoms with Crippen LogP contribution in [-0.2, 0) is 4.79 Å². The van der Waals surface area contributed by atoms with Crippen molar-refractivity contribution < 1.29 is 13.6 Å². The Morgan fingerprint density at radius 2 is 1.84 bits per heavy atom. The summed E-state index contributed by atoms with van der Waals surface area (Å²) in [4.78, 5) is 13.5. The van der Waals surface area contributed by atoms with Crippen molar-refractivity contribution in [1.82, 2.24) is 4.48 Å². The van der Waals surface area contributed by atoms with E-state index in [1.165, 1.54) is 31.3 Å². The van der Waals surface area contributed by atoms with Gasteiger partial charge in [-0.2, -0.15) is 9.74 Å². The number of amides is 1. The molecule has 5 heteroatoms. The van der Waals surface area contributed by atoms with Gasteiger partial charge in [-0.15, -0.1) is 0 Å². The molecule has 170 valence electrons. The minimum absolute atomic E-state index is 0.0340. The van der Waals surface area contributed by atoms with Gasteiger partial charge in [-0.05, 0) is 74.2 Å². The van der Waals surface area contributed by atoms with Gasteiger partial charge in [0.15, 0.2) is 11.5 Å². The first-order valence-corrected chi connectivity index (χ1v) is 12.1. The number of hydrogen-bond acceptors (Lipinski definition) is 2. The molecule has 1 aromatic rings. The third-order valence-corrected chi connectivity index (χ3v) is 9.97. The largest absolute Gasteiger partial charge is 0.323 e. The van der Waals surface area contributed by atoms with Crippen molar-refractivity contribution >= 4 is 11.6 Å². The van der Waals surface area contributed by atoms with Crippen LogP contribution in [0.4, 0.5) is 14.5 Å². The zero-order valence-corrected chi connectivity index (χ0v) is 19.6. The van der Waals surface area contributed by atoms with Gasteiger partial charge in [-0.3, -0.25) is 0 Å². The van der Waals surface area contributed by atoms with Gasteiger partial charge in [-0.1, -0.05) is 20.3 Å². The van der Waals surface area contributed by atoms with Crippen LogP contribution in [0.2, 0.25) is 0 Å². The summed E-state index contributed by atoms with van der Waals surface area (Å²) in [5.74, 6) is 0.241. The maximum absolute atomic E-state index is 15.3. The molecule has 1 aliphatic heterocycles. The minimum Gasteiger partial charge on any atom is -0.230 e. The highest BCUT2D eigenvalue weighted by Gasteiger charge is 2.63. The quantitative estimate of drug-likeness (QED) is 0.462. The number of rotatable bonds is 1. The SMILES string of the molecule is CC1=C2[C@](C)(CCC(=O)[N+]2(C)c2cc(F)c(C#N)cc2F)[C@H]2CC[C@]3(C)CCC[C@H]3[C@@H]2C1. The number of nitrogens with zero attached hydrogens (tertiary/aromatic N) is 2. The third kappa shape index (κ3) is 2.68. The van der Waals surface area contributed by atoms with E-state index in [-0.39, 0.29) is 27.1 Å². The van der Waals surface area contributed by atoms with Crippen molar-refractivity contribution in [2.45, 2.75) is 72.1 Å². The highest BCUT2D eigenvalue weighted by atomic mass is 19.1. The maximum Gasteiger partial charge on any atom is 0.323 e. The molecule has 0 aromatic heterocycles. The van der Waals surface area contributed by atoms with Crippen molar-refractivity contribution in [3.63, 3.8) is 0 Å². The summed E-state index contributed by atoms with van der Waals surface area (Å²) in [6.07, 6.45) is 8.34. The first-order valence-electron chi connectivity index (χ1n) is 12.1. The Labute approximate surface area is 189 Å². The molecule has 6 atom stereocenters. The van der Waals surface area contributed by atoms with E-state index in [9.17, 15) is 9.18 Å². The molecular weight excluding hydrogens is 406 g/mol. The van der Waals surface area contributed by atoms with Crippen LogP contribution >= 0.6 is 0 Å². The predicted molar refractivity (Wildman–Crippen MR) is 120 cm³/mol. The minimum atomic E-state index is -0.769. The van der Waals surface area contributed by atoms with Gasteiger partial charge >= 0.3 is 5.91 Å². The van der Waals surface area contributed by atoms with Gasteiger partial charge in [0.25, 0.3) is 0 Å². The fraction of sp³-hybridized carbons (Fsp3) is 0.630. The van der Waals surface area contributed by atoms with E-state index >= 15 is 4.39 Å². The lowest BCUT2D eigenvalue weighted by Crippen LogP contribution is -2.63. The fourth-order valence-corrected chi connectivity index (χ4v) is 8.60. The molecule has 4 aliphatic rings. The second kappa shape index (κ2) is 6.97. The van der Waals surface area contributed by atoms with Gasteiger partial charge in [-0.25, -0.2) is 13.6 Å². The zero-order valence-electron chi connectivity index (χ0n) is 19.6. The molecule has 3 aliphatic carbocycles. The number of benzene rings is 1. The summed E-state index contributed by atoms with van der Waals surface area (Å²) in [7, 11) is 1.74. The van der Waals surface area contributed by atoms with Crippen LogP contribution in [0.1, 0.15) is 77.7 Å². The Bertz CT molecular complexity index is 1090. The lowest BCUT2D eigenvalue weighted by molar-refractivity contribution is -0.135. The smallest absolute Gasteiger partial charge is 0.230 e. The van der Waals surface area contributed by atoms with Crippen LogP contribution in [-0.4, -0.2) is 13.0 Å². The van der Waals surface area contributed by atoms with Gasteiger partial charge in [0.2, 0.25) is 0 Å². The van der Waals surface area contributed by atoms with Crippen LogP contribution in [0.5, 0.6) is 0 Å². The van der Waals surface area contributed by atoms with Crippen molar-refractivity contribution in [3.8, 4) is 6.07 Å². The number of likely N-dealkylation sites (tertiary alicyclic amines) is 1. The number of carbonyl (C=O) groups excluding carboxylic acids is 1. The lowest BCUT2D eigenvalue weighted by atomic mass is 9.48. The molecule has 2 saturated carbocycles. The van der Waals surface area contributed by atoms with Gasteiger partial charge < -0.3 is 0 Å². The average Bonchev–Trinajstić information content (AvgIpc) is 3.14. The number of fused-ring (bicyclic) bond motifs is 5. The molecule has 1 saturated heterocycles. The molecule has 0 radical (unpaired) electrons. The van der Waals surface area contributed by atoms with E-state index < -0.39 is 11.6 Å². The van der Waals surface area contributed by atoms with Crippen LogP contribution in [0, 0.1) is 51.5 Å². The van der Waals surface area contributed by atoms with Gasteiger partial charge in [0.05, 0.1) is 19.0 Å². The number of piperidine rings is 1. The van der Waals surface area contributed by atoms with Crippen molar-refractivity contribution in [1.29, 1.82) is 5.26 Å². The topological polar surface area (TPSA) is 40.9 Å². The first kappa shape index (κ1) is 21.8. The molecule has 32 heavy (non-hydrogen) atoms.